The molecule has 0 aromatic heterocycles. The van der Waals surface area contributed by atoms with Crippen LogP contribution in [0.1, 0.15) is 24.5 Å². The Balaban J connectivity index is 2.23. The number of aliphatic hydroxyl groups is 1. The van der Waals surface area contributed by atoms with Crippen LogP contribution in [0.5, 0.6) is 0 Å². The standard InChI is InChI=1S/C11H12BrFO2/c12-7-3-4-9(13)8(6-7)11(14)10-2-1-5-15-10/h3-4,6,10-11,14H,1-2,5H2. The van der Waals surface area contributed by atoms with Crippen molar-refractivity contribution in [3.63, 3.8) is 0 Å². The Hall–Kier alpha value is -0.450. The van der Waals surface area contributed by atoms with Gasteiger partial charge in [-0.25, -0.2) is 4.39 Å². The van der Waals surface area contributed by atoms with Gasteiger partial charge >= 0.3 is 0 Å². The van der Waals surface area contributed by atoms with Crippen LogP contribution in [-0.4, -0.2) is 17.8 Å². The lowest BCUT2D eigenvalue weighted by atomic mass is 10.0. The molecule has 0 aliphatic carbocycles. The van der Waals surface area contributed by atoms with Crippen molar-refractivity contribution in [2.75, 3.05) is 6.61 Å². The van der Waals surface area contributed by atoms with Gasteiger partial charge in [0, 0.05) is 16.6 Å². The van der Waals surface area contributed by atoms with Crippen molar-refractivity contribution in [2.24, 2.45) is 0 Å². The zero-order valence-corrected chi connectivity index (χ0v) is 9.71. The zero-order chi connectivity index (χ0) is 10.8. The van der Waals surface area contributed by atoms with E-state index in [0.29, 0.717) is 12.2 Å². The fraction of sp³-hybridized carbons (Fsp3) is 0.455. The molecule has 2 atom stereocenters. The fourth-order valence-corrected chi connectivity index (χ4v) is 2.17. The van der Waals surface area contributed by atoms with Crippen molar-refractivity contribution < 1.29 is 14.2 Å². The lowest BCUT2D eigenvalue weighted by Gasteiger charge is -2.18. The van der Waals surface area contributed by atoms with Crippen LogP contribution in [0.2, 0.25) is 0 Å². The molecule has 1 saturated heterocycles. The number of halogens is 2. The molecule has 1 aliphatic heterocycles. The molecule has 2 rings (SSSR count). The lowest BCUT2D eigenvalue weighted by molar-refractivity contribution is -0.00428. The van der Waals surface area contributed by atoms with Crippen LogP contribution in [0.3, 0.4) is 0 Å². The van der Waals surface area contributed by atoms with E-state index >= 15 is 0 Å². The first-order valence-electron chi connectivity index (χ1n) is 4.93. The van der Waals surface area contributed by atoms with Crippen LogP contribution in [0.4, 0.5) is 4.39 Å². The van der Waals surface area contributed by atoms with Crippen LogP contribution in [-0.2, 0) is 4.74 Å². The normalized spacial score (nSPS) is 23.0. The Morgan fingerprint density at radius 2 is 2.33 bits per heavy atom. The molecular formula is C11H12BrFO2. The third-order valence-corrected chi connectivity index (χ3v) is 3.09. The third-order valence-electron chi connectivity index (χ3n) is 2.59. The van der Waals surface area contributed by atoms with Gasteiger partial charge in [-0.2, -0.15) is 0 Å². The topological polar surface area (TPSA) is 29.5 Å². The van der Waals surface area contributed by atoms with E-state index in [0.717, 1.165) is 17.3 Å². The second kappa shape index (κ2) is 4.60. The van der Waals surface area contributed by atoms with Crippen LogP contribution in [0.15, 0.2) is 22.7 Å². The van der Waals surface area contributed by atoms with Crippen LogP contribution >= 0.6 is 15.9 Å². The van der Waals surface area contributed by atoms with Crippen LogP contribution < -0.4 is 0 Å². The summed E-state index contributed by atoms with van der Waals surface area (Å²) in [4.78, 5) is 0. The van der Waals surface area contributed by atoms with Gasteiger partial charge in [0.25, 0.3) is 0 Å². The summed E-state index contributed by atoms with van der Waals surface area (Å²) in [7, 11) is 0. The summed E-state index contributed by atoms with van der Waals surface area (Å²) < 4.78 is 19.5. The molecule has 2 unspecified atom stereocenters. The van der Waals surface area contributed by atoms with Gasteiger partial charge in [0.2, 0.25) is 0 Å². The van der Waals surface area contributed by atoms with Crippen molar-refractivity contribution in [1.82, 2.24) is 0 Å². The van der Waals surface area contributed by atoms with Gasteiger partial charge in [0.1, 0.15) is 11.9 Å². The molecule has 0 amide bonds. The highest BCUT2D eigenvalue weighted by Gasteiger charge is 2.27. The van der Waals surface area contributed by atoms with E-state index in [9.17, 15) is 9.50 Å². The monoisotopic (exact) mass is 274 g/mol. The Morgan fingerprint density at radius 3 is 3.00 bits per heavy atom. The number of hydrogen-bond donors (Lipinski definition) is 1. The minimum Gasteiger partial charge on any atom is -0.386 e. The highest BCUT2D eigenvalue weighted by atomic mass is 79.9. The van der Waals surface area contributed by atoms with Crippen LogP contribution in [0.25, 0.3) is 0 Å². The summed E-state index contributed by atoms with van der Waals surface area (Å²) in [5.74, 6) is -0.388. The van der Waals surface area contributed by atoms with Crippen molar-refractivity contribution in [1.29, 1.82) is 0 Å². The molecular weight excluding hydrogens is 263 g/mol. The number of rotatable bonds is 2. The zero-order valence-electron chi connectivity index (χ0n) is 8.12. The first-order valence-corrected chi connectivity index (χ1v) is 5.72. The van der Waals surface area contributed by atoms with Gasteiger partial charge in [-0.05, 0) is 31.0 Å². The maximum absolute atomic E-state index is 13.4. The molecule has 82 valence electrons. The molecule has 1 heterocycles. The highest BCUT2D eigenvalue weighted by molar-refractivity contribution is 9.10. The Morgan fingerprint density at radius 1 is 1.53 bits per heavy atom. The van der Waals surface area contributed by atoms with Gasteiger partial charge in [0.05, 0.1) is 6.10 Å². The quantitative estimate of drug-likeness (QED) is 0.899. The average molecular weight is 275 g/mol. The minimum absolute atomic E-state index is 0.270. The third kappa shape index (κ3) is 2.38. The van der Waals surface area contributed by atoms with Gasteiger partial charge in [0.15, 0.2) is 0 Å². The van der Waals surface area contributed by atoms with E-state index in [2.05, 4.69) is 15.9 Å². The second-order valence-corrected chi connectivity index (χ2v) is 4.58. The summed E-state index contributed by atoms with van der Waals surface area (Å²) in [6.45, 7) is 0.650. The molecule has 2 nitrogen and oxygen atoms in total. The van der Waals surface area contributed by atoms with E-state index < -0.39 is 6.10 Å². The molecule has 15 heavy (non-hydrogen) atoms. The number of aliphatic hydroxyl groups excluding tert-OH is 1. The predicted molar refractivity (Wildman–Crippen MR) is 58.0 cm³/mol. The predicted octanol–water partition coefficient (Wildman–Crippen LogP) is 2.80. The molecule has 1 aromatic carbocycles. The van der Waals surface area contributed by atoms with Gasteiger partial charge in [-0.1, -0.05) is 15.9 Å². The summed E-state index contributed by atoms with van der Waals surface area (Å²) in [5, 5.41) is 9.94. The molecule has 1 fully saturated rings. The van der Waals surface area contributed by atoms with Crippen molar-refractivity contribution in [2.45, 2.75) is 25.0 Å². The van der Waals surface area contributed by atoms with Gasteiger partial charge in [-0.3, -0.25) is 0 Å². The largest absolute Gasteiger partial charge is 0.386 e. The molecule has 1 N–H and O–H groups in total. The van der Waals surface area contributed by atoms with E-state index in [4.69, 9.17) is 4.74 Å². The molecule has 0 radical (unpaired) electrons. The highest BCUT2D eigenvalue weighted by Crippen LogP contribution is 2.29. The van der Waals surface area contributed by atoms with Crippen molar-refractivity contribution >= 4 is 15.9 Å². The van der Waals surface area contributed by atoms with Gasteiger partial charge in [-0.15, -0.1) is 0 Å². The van der Waals surface area contributed by atoms with E-state index in [1.165, 1.54) is 6.07 Å². The molecule has 0 spiro atoms. The number of ether oxygens (including phenoxy) is 1. The molecule has 1 aromatic rings. The Labute approximate surface area is 96.2 Å². The van der Waals surface area contributed by atoms with Crippen LogP contribution in [0, 0.1) is 5.82 Å². The van der Waals surface area contributed by atoms with E-state index in [1.54, 1.807) is 12.1 Å². The molecule has 0 bridgehead atoms. The Kier molecular flexibility index (Phi) is 3.38. The average Bonchev–Trinajstić information content (AvgIpc) is 2.74. The SMILES string of the molecule is OC(c1cc(Br)ccc1F)C1CCCO1. The van der Waals surface area contributed by atoms with E-state index in [-0.39, 0.29) is 11.9 Å². The smallest absolute Gasteiger partial charge is 0.129 e. The number of hydrogen-bond acceptors (Lipinski definition) is 2. The molecule has 0 saturated carbocycles. The lowest BCUT2D eigenvalue weighted by Crippen LogP contribution is -2.18. The summed E-state index contributed by atoms with van der Waals surface area (Å²) in [6.07, 6.45) is 0.573. The summed E-state index contributed by atoms with van der Waals surface area (Å²) >= 11 is 3.25. The minimum atomic E-state index is -0.870. The maximum atomic E-state index is 13.4. The Bertz CT molecular complexity index is 350. The molecule has 4 heteroatoms. The first kappa shape index (κ1) is 11.0. The van der Waals surface area contributed by atoms with Gasteiger partial charge < -0.3 is 9.84 Å². The fourth-order valence-electron chi connectivity index (χ4n) is 1.79. The maximum Gasteiger partial charge on any atom is 0.129 e. The van der Waals surface area contributed by atoms with Crippen molar-refractivity contribution in [3.05, 3.63) is 34.1 Å². The summed E-state index contributed by atoms with van der Waals surface area (Å²) in [5.41, 5.74) is 0.302. The second-order valence-electron chi connectivity index (χ2n) is 3.66. The number of benzene rings is 1. The molecule has 1 aliphatic rings. The first-order chi connectivity index (χ1) is 7.18. The van der Waals surface area contributed by atoms with Crippen molar-refractivity contribution in [3.8, 4) is 0 Å². The van der Waals surface area contributed by atoms with E-state index in [1.807, 2.05) is 0 Å². The summed E-state index contributed by atoms with van der Waals surface area (Å²) in [6, 6.07) is 4.56.